The van der Waals surface area contributed by atoms with E-state index >= 15 is 0 Å². The largest absolute Gasteiger partial charge is 0.349 e. The third-order valence-electron chi connectivity index (χ3n) is 7.24. The zero-order chi connectivity index (χ0) is 25.4. The molecular weight excluding hydrogens is 464 g/mol. The van der Waals surface area contributed by atoms with E-state index in [2.05, 4.69) is 0 Å². The first kappa shape index (κ1) is 22.0. The fourth-order valence-electron chi connectivity index (χ4n) is 5.55. The highest BCUT2D eigenvalue weighted by atomic mass is 16.6. The van der Waals surface area contributed by atoms with Gasteiger partial charge < -0.3 is 4.74 Å². The second-order valence-electron chi connectivity index (χ2n) is 9.18. The minimum atomic E-state index is -2.19. The molecule has 3 aromatic rings. The summed E-state index contributed by atoms with van der Waals surface area (Å²) in [5.74, 6) is -5.14. The first-order valence-corrected chi connectivity index (χ1v) is 11.3. The van der Waals surface area contributed by atoms with Crippen LogP contribution in [0.4, 0.5) is 11.4 Å². The van der Waals surface area contributed by atoms with Crippen molar-refractivity contribution in [2.45, 2.75) is 18.6 Å². The fraction of sp³-hybridized carbons (Fsp3) is 0.185. The van der Waals surface area contributed by atoms with E-state index in [0.717, 1.165) is 10.5 Å². The molecule has 178 valence electrons. The predicted octanol–water partition coefficient (Wildman–Crippen LogP) is 3.60. The number of hydrogen-bond acceptors (Lipinski definition) is 7. The standard InChI is InChI=1S/C27H18N2O7/c1-14-6-10-16(11-7-14)28-25(32)20-21(26(28)33)27(23(30)18-4-2-3-5-19(18)24(27)31)36-22(20)15-8-12-17(13-9-15)29(34)35/h2-13,20-22H,1H3/t20-,21-,22-/m0/s1. The molecule has 3 aliphatic rings. The number of nitro groups is 1. The lowest BCUT2D eigenvalue weighted by molar-refractivity contribution is -0.384. The van der Waals surface area contributed by atoms with Crippen molar-refractivity contribution in [3.05, 3.63) is 105 Å². The van der Waals surface area contributed by atoms with Crippen molar-refractivity contribution in [3.8, 4) is 0 Å². The number of ketones is 2. The molecule has 6 rings (SSSR count). The van der Waals surface area contributed by atoms with Crippen LogP contribution in [0.25, 0.3) is 0 Å². The predicted molar refractivity (Wildman–Crippen MR) is 125 cm³/mol. The quantitative estimate of drug-likeness (QED) is 0.242. The number of Topliss-reactive ketones (excluding diaryl/α,β-unsaturated/α-hetero) is 2. The van der Waals surface area contributed by atoms with Gasteiger partial charge in [0.25, 0.3) is 5.69 Å². The number of ether oxygens (including phenoxy) is 1. The molecule has 2 aliphatic heterocycles. The average Bonchev–Trinajstić information content (AvgIpc) is 3.45. The summed E-state index contributed by atoms with van der Waals surface area (Å²) in [7, 11) is 0. The van der Waals surface area contributed by atoms with Crippen molar-refractivity contribution < 1.29 is 28.8 Å². The molecule has 3 atom stereocenters. The van der Waals surface area contributed by atoms with Crippen molar-refractivity contribution in [3.63, 3.8) is 0 Å². The molecule has 0 bridgehead atoms. The fourth-order valence-corrected chi connectivity index (χ4v) is 5.55. The van der Waals surface area contributed by atoms with E-state index in [-0.39, 0.29) is 16.8 Å². The third-order valence-corrected chi connectivity index (χ3v) is 7.24. The zero-order valence-corrected chi connectivity index (χ0v) is 18.9. The first-order chi connectivity index (χ1) is 17.3. The second kappa shape index (κ2) is 7.50. The van der Waals surface area contributed by atoms with Gasteiger partial charge in [-0.2, -0.15) is 0 Å². The number of anilines is 1. The van der Waals surface area contributed by atoms with Crippen LogP contribution in [0.3, 0.4) is 0 Å². The number of non-ortho nitro benzene ring substituents is 1. The van der Waals surface area contributed by atoms with E-state index in [1.165, 1.54) is 36.4 Å². The molecule has 1 spiro atoms. The maximum atomic E-state index is 13.8. The van der Waals surface area contributed by atoms with Crippen molar-refractivity contribution in [2.75, 3.05) is 4.90 Å². The van der Waals surface area contributed by atoms with E-state index in [1.54, 1.807) is 36.4 Å². The summed E-state index contributed by atoms with van der Waals surface area (Å²) >= 11 is 0. The summed E-state index contributed by atoms with van der Waals surface area (Å²) in [6.45, 7) is 1.87. The molecule has 3 aromatic carbocycles. The SMILES string of the molecule is Cc1ccc(N2C(=O)[C@H]3[C@@H](C2=O)C2(O[C@H]3c3ccc([N+](=O)[O-])cc3)C(=O)c3ccccc3C2=O)cc1. The van der Waals surface area contributed by atoms with Gasteiger partial charge in [-0.3, -0.25) is 29.3 Å². The Morgan fingerprint density at radius 1 is 0.833 bits per heavy atom. The molecule has 0 aromatic heterocycles. The Morgan fingerprint density at radius 3 is 1.97 bits per heavy atom. The lowest BCUT2D eigenvalue weighted by atomic mass is 9.77. The number of aryl methyl sites for hydroxylation is 1. The number of nitrogens with zero attached hydrogens (tertiary/aromatic N) is 2. The van der Waals surface area contributed by atoms with Gasteiger partial charge in [-0.05, 0) is 36.8 Å². The van der Waals surface area contributed by atoms with Gasteiger partial charge in [-0.25, -0.2) is 4.90 Å². The minimum absolute atomic E-state index is 0.139. The summed E-state index contributed by atoms with van der Waals surface area (Å²) in [4.78, 5) is 66.6. The van der Waals surface area contributed by atoms with Crippen molar-refractivity contribution in [2.24, 2.45) is 11.8 Å². The van der Waals surface area contributed by atoms with Crippen LogP contribution in [-0.4, -0.2) is 33.9 Å². The molecule has 9 nitrogen and oxygen atoms in total. The molecule has 0 saturated carbocycles. The Morgan fingerprint density at radius 2 is 1.42 bits per heavy atom. The van der Waals surface area contributed by atoms with Crippen molar-refractivity contribution >= 4 is 34.8 Å². The molecule has 2 fully saturated rings. The number of fused-ring (bicyclic) bond motifs is 3. The lowest BCUT2D eigenvalue weighted by Gasteiger charge is -2.27. The molecule has 9 heteroatoms. The van der Waals surface area contributed by atoms with Crippen molar-refractivity contribution in [1.29, 1.82) is 0 Å². The molecule has 0 N–H and O–H groups in total. The van der Waals surface area contributed by atoms with Crippen LogP contribution >= 0.6 is 0 Å². The van der Waals surface area contributed by atoms with Crippen LogP contribution in [0.5, 0.6) is 0 Å². The average molecular weight is 482 g/mol. The molecule has 2 heterocycles. The Labute approximate surface area is 204 Å². The van der Waals surface area contributed by atoms with E-state index < -0.39 is 51.8 Å². The summed E-state index contributed by atoms with van der Waals surface area (Å²) < 4.78 is 6.18. The van der Waals surface area contributed by atoms with Crippen LogP contribution < -0.4 is 4.90 Å². The van der Waals surface area contributed by atoms with Gasteiger partial charge in [0.15, 0.2) is 0 Å². The maximum Gasteiger partial charge on any atom is 0.269 e. The van der Waals surface area contributed by atoms with E-state index in [9.17, 15) is 29.3 Å². The Balaban J connectivity index is 1.52. The first-order valence-electron chi connectivity index (χ1n) is 11.3. The van der Waals surface area contributed by atoms with Crippen LogP contribution in [0.15, 0.2) is 72.8 Å². The molecule has 1 aliphatic carbocycles. The highest BCUT2D eigenvalue weighted by Gasteiger charge is 2.74. The van der Waals surface area contributed by atoms with Gasteiger partial charge in [-0.1, -0.05) is 42.0 Å². The number of amides is 2. The van der Waals surface area contributed by atoms with Gasteiger partial charge in [0.2, 0.25) is 29.0 Å². The van der Waals surface area contributed by atoms with Crippen LogP contribution in [0.2, 0.25) is 0 Å². The van der Waals surface area contributed by atoms with Crippen LogP contribution in [0.1, 0.15) is 37.9 Å². The molecular formula is C27H18N2O7. The van der Waals surface area contributed by atoms with Crippen LogP contribution in [0, 0.1) is 28.9 Å². The summed E-state index contributed by atoms with van der Waals surface area (Å²) in [5, 5.41) is 11.1. The smallest absolute Gasteiger partial charge is 0.269 e. The topological polar surface area (TPSA) is 124 Å². The number of carbonyl (C=O) groups excluding carboxylic acids is 4. The van der Waals surface area contributed by atoms with Gasteiger partial charge in [-0.15, -0.1) is 0 Å². The monoisotopic (exact) mass is 482 g/mol. The molecule has 0 unspecified atom stereocenters. The highest BCUT2D eigenvalue weighted by Crippen LogP contribution is 2.57. The molecule has 36 heavy (non-hydrogen) atoms. The van der Waals surface area contributed by atoms with Gasteiger partial charge in [0, 0.05) is 23.3 Å². The third kappa shape index (κ3) is 2.74. The number of benzene rings is 3. The number of carbonyl (C=O) groups is 4. The van der Waals surface area contributed by atoms with E-state index in [0.29, 0.717) is 11.3 Å². The second-order valence-corrected chi connectivity index (χ2v) is 9.18. The number of nitro benzene ring substituents is 1. The number of hydrogen-bond donors (Lipinski definition) is 0. The maximum absolute atomic E-state index is 13.8. The van der Waals surface area contributed by atoms with E-state index in [4.69, 9.17) is 4.74 Å². The Kier molecular flexibility index (Phi) is 4.58. The lowest BCUT2D eigenvalue weighted by Crippen LogP contribution is -2.51. The van der Waals surface area contributed by atoms with Crippen molar-refractivity contribution in [1.82, 2.24) is 0 Å². The highest BCUT2D eigenvalue weighted by molar-refractivity contribution is 6.37. The van der Waals surface area contributed by atoms with Gasteiger partial charge in [0.05, 0.1) is 28.6 Å². The summed E-state index contributed by atoms with van der Waals surface area (Å²) in [6.07, 6.45) is -1.13. The molecule has 2 amide bonds. The summed E-state index contributed by atoms with van der Waals surface area (Å²) in [6, 6.07) is 18.4. The number of rotatable bonds is 3. The Hall–Kier alpha value is -4.50. The summed E-state index contributed by atoms with van der Waals surface area (Å²) in [5.41, 5.74) is -0.461. The van der Waals surface area contributed by atoms with Gasteiger partial charge in [0.1, 0.15) is 0 Å². The number of imide groups is 1. The molecule has 2 saturated heterocycles. The van der Waals surface area contributed by atoms with Gasteiger partial charge >= 0.3 is 0 Å². The zero-order valence-electron chi connectivity index (χ0n) is 18.9. The van der Waals surface area contributed by atoms with Crippen LogP contribution in [-0.2, 0) is 14.3 Å². The normalized spacial score (nSPS) is 23.9. The van der Waals surface area contributed by atoms with E-state index in [1.807, 2.05) is 6.92 Å². The minimum Gasteiger partial charge on any atom is -0.349 e. The molecule has 0 radical (unpaired) electrons. The Bertz CT molecular complexity index is 1460.